The molecule has 1 saturated heterocycles. The predicted octanol–water partition coefficient (Wildman–Crippen LogP) is 2.41. The van der Waals surface area contributed by atoms with Crippen molar-refractivity contribution in [2.24, 2.45) is 0 Å². The van der Waals surface area contributed by atoms with Gasteiger partial charge in [0.1, 0.15) is 11.8 Å². The Hall–Kier alpha value is -2.04. The summed E-state index contributed by atoms with van der Waals surface area (Å²) >= 11 is 0. The summed E-state index contributed by atoms with van der Waals surface area (Å²) in [6, 6.07) is 5.30. The van der Waals surface area contributed by atoms with E-state index in [1.54, 1.807) is 0 Å². The zero-order valence-electron chi connectivity index (χ0n) is 13.3. The lowest BCUT2D eigenvalue weighted by Gasteiger charge is -2.32. The monoisotopic (exact) mass is 317 g/mol. The van der Waals surface area contributed by atoms with Crippen LogP contribution < -0.4 is 4.74 Å². The average molecular weight is 317 g/mol. The molecule has 1 fully saturated rings. The first kappa shape index (κ1) is 15.8. The molecule has 5 nitrogen and oxygen atoms in total. The zero-order chi connectivity index (χ0) is 16.2. The van der Waals surface area contributed by atoms with Gasteiger partial charge in [0, 0.05) is 6.54 Å². The highest BCUT2D eigenvalue weighted by atomic mass is 16.5. The Labute approximate surface area is 136 Å². The molecule has 0 bridgehead atoms. The summed E-state index contributed by atoms with van der Waals surface area (Å²) in [6.45, 7) is 0.409. The Balaban J connectivity index is 1.61. The number of carbonyl (C=O) groups is 2. The van der Waals surface area contributed by atoms with Crippen LogP contribution in [0.2, 0.25) is 0 Å². The van der Waals surface area contributed by atoms with E-state index in [4.69, 9.17) is 4.74 Å². The lowest BCUT2D eigenvalue weighted by molar-refractivity contribution is -0.152. The highest BCUT2D eigenvalue weighted by Gasteiger charge is 2.31. The second-order valence-corrected chi connectivity index (χ2v) is 6.36. The molecule has 124 valence electrons. The summed E-state index contributed by atoms with van der Waals surface area (Å²) in [7, 11) is 0. The maximum Gasteiger partial charge on any atom is 0.326 e. The van der Waals surface area contributed by atoms with E-state index in [0.29, 0.717) is 18.7 Å². The average Bonchev–Trinajstić information content (AvgIpc) is 2.59. The minimum atomic E-state index is -0.924. The van der Waals surface area contributed by atoms with Gasteiger partial charge in [0.25, 0.3) is 5.91 Å². The van der Waals surface area contributed by atoms with Crippen molar-refractivity contribution in [1.82, 2.24) is 4.90 Å². The van der Waals surface area contributed by atoms with Crippen LogP contribution in [0.15, 0.2) is 18.2 Å². The second-order valence-electron chi connectivity index (χ2n) is 6.36. The summed E-state index contributed by atoms with van der Waals surface area (Å²) in [5.74, 6) is -0.468. The van der Waals surface area contributed by atoms with E-state index in [1.165, 1.54) is 28.9 Å². The van der Waals surface area contributed by atoms with Gasteiger partial charge in [-0.05, 0) is 68.2 Å². The first-order valence-electron chi connectivity index (χ1n) is 8.42. The van der Waals surface area contributed by atoms with Crippen LogP contribution >= 0.6 is 0 Å². The molecule has 1 aliphatic carbocycles. The van der Waals surface area contributed by atoms with Gasteiger partial charge in [-0.1, -0.05) is 6.07 Å². The summed E-state index contributed by atoms with van der Waals surface area (Å²) in [5, 5.41) is 9.24. The number of carboxylic acids is 1. The molecule has 0 unspecified atom stereocenters. The molecule has 0 spiro atoms. The number of carboxylic acid groups (broad SMARTS) is 1. The Morgan fingerprint density at radius 3 is 2.70 bits per heavy atom. The molecule has 1 aliphatic heterocycles. The highest BCUT2D eigenvalue weighted by molar-refractivity contribution is 5.84. The van der Waals surface area contributed by atoms with Crippen LogP contribution in [0.4, 0.5) is 0 Å². The Kier molecular flexibility index (Phi) is 4.84. The van der Waals surface area contributed by atoms with Crippen molar-refractivity contribution in [3.8, 4) is 5.75 Å². The summed E-state index contributed by atoms with van der Waals surface area (Å²) in [4.78, 5) is 25.0. The van der Waals surface area contributed by atoms with Crippen LogP contribution in [0.25, 0.3) is 0 Å². The van der Waals surface area contributed by atoms with Crippen LogP contribution in [0.5, 0.6) is 5.75 Å². The van der Waals surface area contributed by atoms with E-state index >= 15 is 0 Å². The van der Waals surface area contributed by atoms with Crippen molar-refractivity contribution in [2.75, 3.05) is 13.2 Å². The Morgan fingerprint density at radius 1 is 1.13 bits per heavy atom. The third-order valence-electron chi connectivity index (χ3n) is 4.79. The van der Waals surface area contributed by atoms with Gasteiger partial charge in [-0.2, -0.15) is 0 Å². The van der Waals surface area contributed by atoms with E-state index in [9.17, 15) is 14.7 Å². The highest BCUT2D eigenvalue weighted by Crippen LogP contribution is 2.25. The van der Waals surface area contributed by atoms with Gasteiger partial charge < -0.3 is 14.7 Å². The van der Waals surface area contributed by atoms with Gasteiger partial charge in [-0.25, -0.2) is 4.79 Å². The van der Waals surface area contributed by atoms with Crippen molar-refractivity contribution in [3.05, 3.63) is 29.3 Å². The van der Waals surface area contributed by atoms with Gasteiger partial charge in [0.15, 0.2) is 6.61 Å². The smallest absolute Gasteiger partial charge is 0.326 e. The molecule has 0 radical (unpaired) electrons. The van der Waals surface area contributed by atoms with E-state index in [2.05, 4.69) is 6.07 Å². The number of piperidine rings is 1. The van der Waals surface area contributed by atoms with Gasteiger partial charge in [0.2, 0.25) is 0 Å². The predicted molar refractivity (Wildman–Crippen MR) is 85.6 cm³/mol. The summed E-state index contributed by atoms with van der Waals surface area (Å²) in [6.07, 6.45) is 6.84. The molecule has 23 heavy (non-hydrogen) atoms. The zero-order valence-corrected chi connectivity index (χ0v) is 13.3. The van der Waals surface area contributed by atoms with Crippen molar-refractivity contribution in [1.29, 1.82) is 0 Å². The Morgan fingerprint density at radius 2 is 1.91 bits per heavy atom. The van der Waals surface area contributed by atoms with E-state index < -0.39 is 12.0 Å². The van der Waals surface area contributed by atoms with Crippen LogP contribution in [0.1, 0.15) is 43.2 Å². The molecule has 3 rings (SSSR count). The SMILES string of the molecule is O=C(O)[C@H]1CCCCN1C(=O)COc1ccc2c(c1)CCCC2. The molecule has 5 heteroatoms. The molecule has 1 heterocycles. The van der Waals surface area contributed by atoms with E-state index in [1.807, 2.05) is 12.1 Å². The second kappa shape index (κ2) is 7.02. The molecule has 0 aromatic heterocycles. The Bertz CT molecular complexity index is 599. The number of rotatable bonds is 4. The van der Waals surface area contributed by atoms with Gasteiger partial charge >= 0.3 is 5.97 Å². The quantitative estimate of drug-likeness (QED) is 0.926. The van der Waals surface area contributed by atoms with Crippen LogP contribution in [-0.2, 0) is 22.4 Å². The van der Waals surface area contributed by atoms with E-state index in [-0.39, 0.29) is 12.5 Å². The number of benzene rings is 1. The lowest BCUT2D eigenvalue weighted by atomic mass is 9.92. The van der Waals surface area contributed by atoms with Crippen molar-refractivity contribution >= 4 is 11.9 Å². The first-order valence-corrected chi connectivity index (χ1v) is 8.42. The number of nitrogens with zero attached hydrogens (tertiary/aromatic N) is 1. The molecule has 0 saturated carbocycles. The number of fused-ring (bicyclic) bond motifs is 1. The fourth-order valence-electron chi connectivity index (χ4n) is 3.51. The van der Waals surface area contributed by atoms with Gasteiger partial charge in [0.05, 0.1) is 0 Å². The minimum Gasteiger partial charge on any atom is -0.484 e. The first-order chi connectivity index (χ1) is 11.1. The number of likely N-dealkylation sites (tertiary alicyclic amines) is 1. The summed E-state index contributed by atoms with van der Waals surface area (Å²) < 4.78 is 5.63. The molecule has 2 aliphatic rings. The molecular formula is C18H23NO4. The maximum absolute atomic E-state index is 12.3. The third-order valence-corrected chi connectivity index (χ3v) is 4.79. The summed E-state index contributed by atoms with van der Waals surface area (Å²) in [5.41, 5.74) is 2.68. The fraction of sp³-hybridized carbons (Fsp3) is 0.556. The van der Waals surface area contributed by atoms with Crippen LogP contribution in [0.3, 0.4) is 0 Å². The number of ether oxygens (including phenoxy) is 1. The van der Waals surface area contributed by atoms with Gasteiger partial charge in [-0.15, -0.1) is 0 Å². The molecular weight excluding hydrogens is 294 g/mol. The third kappa shape index (κ3) is 3.66. The maximum atomic E-state index is 12.3. The molecule has 1 aromatic rings. The van der Waals surface area contributed by atoms with Crippen LogP contribution in [0, 0.1) is 0 Å². The number of amides is 1. The molecule has 1 amide bonds. The van der Waals surface area contributed by atoms with Crippen LogP contribution in [-0.4, -0.2) is 41.1 Å². The standard InChI is InChI=1S/C18H23NO4/c20-17(19-10-4-3-7-16(19)18(21)22)12-23-15-9-8-13-5-1-2-6-14(13)11-15/h8-9,11,16H,1-7,10,12H2,(H,21,22)/t16-/m1/s1. The normalized spacial score (nSPS) is 20.7. The number of carbonyl (C=O) groups excluding carboxylic acids is 1. The number of hydrogen-bond acceptors (Lipinski definition) is 3. The largest absolute Gasteiger partial charge is 0.484 e. The number of aliphatic carboxylic acids is 1. The number of aryl methyl sites for hydroxylation is 2. The van der Waals surface area contributed by atoms with Crippen molar-refractivity contribution < 1.29 is 19.4 Å². The van der Waals surface area contributed by atoms with Gasteiger partial charge in [-0.3, -0.25) is 4.79 Å². The molecule has 1 N–H and O–H groups in total. The van der Waals surface area contributed by atoms with Crippen molar-refractivity contribution in [3.63, 3.8) is 0 Å². The number of hydrogen-bond donors (Lipinski definition) is 1. The van der Waals surface area contributed by atoms with Crippen molar-refractivity contribution in [2.45, 2.75) is 51.0 Å². The molecule has 1 atom stereocenters. The topological polar surface area (TPSA) is 66.8 Å². The minimum absolute atomic E-state index is 0.0947. The van der Waals surface area contributed by atoms with E-state index in [0.717, 1.165) is 25.7 Å². The fourth-order valence-corrected chi connectivity index (χ4v) is 3.51. The lowest BCUT2D eigenvalue weighted by Crippen LogP contribution is -2.49. The molecule has 1 aromatic carbocycles.